The summed E-state index contributed by atoms with van der Waals surface area (Å²) < 4.78 is 11.9. The maximum Gasteiger partial charge on any atom is 0.161 e. The van der Waals surface area contributed by atoms with Crippen molar-refractivity contribution in [2.24, 2.45) is 5.92 Å². The Morgan fingerprint density at radius 3 is 2.35 bits per heavy atom. The minimum absolute atomic E-state index is 0.160. The van der Waals surface area contributed by atoms with E-state index in [1.807, 2.05) is 24.3 Å². The van der Waals surface area contributed by atoms with Crippen LogP contribution in [0.2, 0.25) is 0 Å². The summed E-state index contributed by atoms with van der Waals surface area (Å²) in [4.78, 5) is 0. The number of benzene rings is 1. The molecule has 0 fully saturated rings. The Balaban J connectivity index is 2.67. The molecule has 0 saturated carbocycles. The van der Waals surface area contributed by atoms with Crippen LogP contribution in [0.1, 0.15) is 40.5 Å². The van der Waals surface area contributed by atoms with Gasteiger partial charge >= 0.3 is 0 Å². The minimum atomic E-state index is 0.160. The van der Waals surface area contributed by atoms with Crippen LogP contribution in [-0.4, -0.2) is 25.8 Å². The van der Waals surface area contributed by atoms with E-state index < -0.39 is 0 Å². The average molecular weight is 279 g/mol. The molecule has 0 aliphatic rings. The standard InChI is InChI=1S/C17H29NO2/c1-5-11-18-13-17(14(3)4)20-16-10-8-7-9-15(16)19-12-6-2/h7-10,14,17-18H,5-6,11-13H2,1-4H3. The molecule has 1 rings (SSSR count). The molecule has 1 aromatic carbocycles. The second-order valence-electron chi connectivity index (χ2n) is 5.40. The molecule has 1 atom stereocenters. The third-order valence-corrected chi connectivity index (χ3v) is 3.11. The molecule has 0 heterocycles. The molecule has 20 heavy (non-hydrogen) atoms. The van der Waals surface area contributed by atoms with Crippen LogP contribution in [0.3, 0.4) is 0 Å². The first-order valence-electron chi connectivity index (χ1n) is 7.78. The number of ether oxygens (including phenoxy) is 2. The Hall–Kier alpha value is -1.22. The predicted octanol–water partition coefficient (Wildman–Crippen LogP) is 3.88. The Labute approximate surface area is 123 Å². The summed E-state index contributed by atoms with van der Waals surface area (Å²) in [5.74, 6) is 2.15. The Morgan fingerprint density at radius 1 is 1.05 bits per heavy atom. The van der Waals surface area contributed by atoms with Crippen LogP contribution in [0.5, 0.6) is 11.5 Å². The van der Waals surface area contributed by atoms with Crippen LogP contribution in [0.25, 0.3) is 0 Å². The fourth-order valence-electron chi connectivity index (χ4n) is 1.88. The lowest BCUT2D eigenvalue weighted by atomic mass is 10.1. The molecule has 0 bridgehead atoms. The molecule has 0 aromatic heterocycles. The van der Waals surface area contributed by atoms with Crippen LogP contribution in [-0.2, 0) is 0 Å². The number of rotatable bonds is 10. The van der Waals surface area contributed by atoms with E-state index in [1.54, 1.807) is 0 Å². The lowest BCUT2D eigenvalue weighted by molar-refractivity contribution is 0.141. The zero-order valence-electron chi connectivity index (χ0n) is 13.3. The smallest absolute Gasteiger partial charge is 0.161 e. The third kappa shape index (κ3) is 5.83. The molecule has 1 aromatic rings. The molecule has 0 spiro atoms. The van der Waals surface area contributed by atoms with Crippen molar-refractivity contribution < 1.29 is 9.47 Å². The van der Waals surface area contributed by atoms with Gasteiger partial charge in [0.05, 0.1) is 6.61 Å². The van der Waals surface area contributed by atoms with E-state index in [0.29, 0.717) is 5.92 Å². The van der Waals surface area contributed by atoms with Crippen molar-refractivity contribution in [3.63, 3.8) is 0 Å². The lowest BCUT2D eigenvalue weighted by Crippen LogP contribution is -2.35. The summed E-state index contributed by atoms with van der Waals surface area (Å²) in [5.41, 5.74) is 0. The molecule has 114 valence electrons. The van der Waals surface area contributed by atoms with E-state index in [2.05, 4.69) is 33.0 Å². The van der Waals surface area contributed by atoms with Gasteiger partial charge in [0.15, 0.2) is 11.5 Å². The van der Waals surface area contributed by atoms with Crippen molar-refractivity contribution in [2.75, 3.05) is 19.7 Å². The molecule has 1 unspecified atom stereocenters. The van der Waals surface area contributed by atoms with E-state index in [-0.39, 0.29) is 6.10 Å². The molecular formula is C17H29NO2. The quantitative estimate of drug-likeness (QED) is 0.659. The van der Waals surface area contributed by atoms with Crippen LogP contribution in [0.15, 0.2) is 24.3 Å². The SMILES string of the molecule is CCCNCC(Oc1ccccc1OCCC)C(C)C. The molecule has 0 saturated heterocycles. The van der Waals surface area contributed by atoms with Gasteiger partial charge in [0.1, 0.15) is 6.10 Å². The summed E-state index contributed by atoms with van der Waals surface area (Å²) in [7, 11) is 0. The van der Waals surface area contributed by atoms with Crippen molar-refractivity contribution in [3.05, 3.63) is 24.3 Å². The molecule has 0 radical (unpaired) electrons. The average Bonchev–Trinajstić information content (AvgIpc) is 2.45. The van der Waals surface area contributed by atoms with E-state index >= 15 is 0 Å². The Kier molecular flexibility index (Phi) is 8.12. The van der Waals surface area contributed by atoms with Gasteiger partial charge in [0, 0.05) is 6.54 Å². The Morgan fingerprint density at radius 2 is 1.75 bits per heavy atom. The van der Waals surface area contributed by atoms with Crippen molar-refractivity contribution >= 4 is 0 Å². The van der Waals surface area contributed by atoms with E-state index in [0.717, 1.165) is 44.0 Å². The Bertz CT molecular complexity index is 366. The highest BCUT2D eigenvalue weighted by Gasteiger charge is 2.16. The monoisotopic (exact) mass is 279 g/mol. The van der Waals surface area contributed by atoms with Crippen LogP contribution >= 0.6 is 0 Å². The van der Waals surface area contributed by atoms with Gasteiger partial charge < -0.3 is 14.8 Å². The summed E-state index contributed by atoms with van der Waals surface area (Å²) >= 11 is 0. The topological polar surface area (TPSA) is 30.5 Å². The van der Waals surface area contributed by atoms with Crippen molar-refractivity contribution in [1.29, 1.82) is 0 Å². The highest BCUT2D eigenvalue weighted by molar-refractivity contribution is 5.39. The van der Waals surface area contributed by atoms with Gasteiger partial charge in [-0.1, -0.05) is 39.8 Å². The molecule has 0 amide bonds. The van der Waals surface area contributed by atoms with Crippen LogP contribution < -0.4 is 14.8 Å². The molecular weight excluding hydrogens is 250 g/mol. The summed E-state index contributed by atoms with van der Waals surface area (Å²) in [6, 6.07) is 7.94. The number of para-hydroxylation sites is 2. The summed E-state index contributed by atoms with van der Waals surface area (Å²) in [6.45, 7) is 11.3. The van der Waals surface area contributed by atoms with Gasteiger partial charge in [-0.3, -0.25) is 0 Å². The third-order valence-electron chi connectivity index (χ3n) is 3.11. The summed E-state index contributed by atoms with van der Waals surface area (Å²) in [5, 5.41) is 3.43. The maximum absolute atomic E-state index is 6.16. The van der Waals surface area contributed by atoms with Gasteiger partial charge in [-0.05, 0) is 37.4 Å². The molecule has 1 N–H and O–H groups in total. The van der Waals surface area contributed by atoms with E-state index in [1.165, 1.54) is 0 Å². The molecule has 3 nitrogen and oxygen atoms in total. The van der Waals surface area contributed by atoms with Crippen molar-refractivity contribution in [2.45, 2.75) is 46.6 Å². The zero-order valence-corrected chi connectivity index (χ0v) is 13.3. The molecule has 0 aliphatic heterocycles. The fourth-order valence-corrected chi connectivity index (χ4v) is 1.88. The number of hydrogen-bond acceptors (Lipinski definition) is 3. The first-order chi connectivity index (χ1) is 9.69. The van der Waals surface area contributed by atoms with E-state index in [4.69, 9.17) is 9.47 Å². The van der Waals surface area contributed by atoms with Gasteiger partial charge in [0.25, 0.3) is 0 Å². The van der Waals surface area contributed by atoms with Gasteiger partial charge in [-0.2, -0.15) is 0 Å². The largest absolute Gasteiger partial charge is 0.490 e. The van der Waals surface area contributed by atoms with E-state index in [9.17, 15) is 0 Å². The first kappa shape index (κ1) is 16.8. The van der Waals surface area contributed by atoms with Crippen molar-refractivity contribution in [3.8, 4) is 11.5 Å². The second-order valence-corrected chi connectivity index (χ2v) is 5.40. The zero-order chi connectivity index (χ0) is 14.8. The van der Waals surface area contributed by atoms with Crippen LogP contribution in [0.4, 0.5) is 0 Å². The fraction of sp³-hybridized carbons (Fsp3) is 0.647. The highest BCUT2D eigenvalue weighted by atomic mass is 16.5. The molecule has 0 aliphatic carbocycles. The summed E-state index contributed by atoms with van der Waals surface area (Å²) in [6.07, 6.45) is 2.30. The number of hydrogen-bond donors (Lipinski definition) is 1. The van der Waals surface area contributed by atoms with Crippen molar-refractivity contribution in [1.82, 2.24) is 5.32 Å². The van der Waals surface area contributed by atoms with Crippen LogP contribution in [0, 0.1) is 5.92 Å². The normalized spacial score (nSPS) is 12.4. The lowest BCUT2D eigenvalue weighted by Gasteiger charge is -2.24. The highest BCUT2D eigenvalue weighted by Crippen LogP contribution is 2.28. The van der Waals surface area contributed by atoms with Gasteiger partial charge in [-0.25, -0.2) is 0 Å². The maximum atomic E-state index is 6.16. The van der Waals surface area contributed by atoms with Gasteiger partial charge in [0.2, 0.25) is 0 Å². The van der Waals surface area contributed by atoms with Gasteiger partial charge in [-0.15, -0.1) is 0 Å². The minimum Gasteiger partial charge on any atom is -0.490 e. The number of nitrogens with one attached hydrogen (secondary N) is 1. The second kappa shape index (κ2) is 9.65. The first-order valence-corrected chi connectivity index (χ1v) is 7.78. The predicted molar refractivity (Wildman–Crippen MR) is 84.6 cm³/mol. The molecule has 3 heteroatoms.